The van der Waals surface area contributed by atoms with E-state index in [1.165, 1.54) is 6.92 Å². The maximum Gasteiger partial charge on any atom is 0.434 e. The van der Waals surface area contributed by atoms with Gasteiger partial charge in [0, 0.05) is 6.07 Å². The average Bonchev–Trinajstić information content (AvgIpc) is 2.36. The van der Waals surface area contributed by atoms with E-state index in [1.54, 1.807) is 0 Å². The van der Waals surface area contributed by atoms with Crippen LogP contribution in [0.4, 0.5) is 13.2 Å². The Morgan fingerprint density at radius 1 is 1.32 bits per heavy atom. The molecule has 0 N–H and O–H groups in total. The van der Waals surface area contributed by atoms with Gasteiger partial charge >= 0.3 is 12.1 Å². The van der Waals surface area contributed by atoms with Crippen LogP contribution in [0.3, 0.4) is 0 Å². The summed E-state index contributed by atoms with van der Waals surface area (Å²) in [7, 11) is 2.30. The number of carbonyl (C=O) groups is 1. The predicted molar refractivity (Wildman–Crippen MR) is 58.3 cm³/mol. The number of hydrogen-bond donors (Lipinski definition) is 0. The van der Waals surface area contributed by atoms with E-state index in [0.717, 1.165) is 20.3 Å². The molecule has 5 nitrogen and oxygen atoms in total. The zero-order valence-corrected chi connectivity index (χ0v) is 10.5. The average molecular weight is 279 g/mol. The fraction of sp³-hybridized carbons (Fsp3) is 0.455. The molecule has 0 aliphatic rings. The van der Waals surface area contributed by atoms with Crippen molar-refractivity contribution >= 4 is 5.97 Å². The van der Waals surface area contributed by atoms with Crippen LogP contribution in [-0.4, -0.2) is 31.8 Å². The zero-order valence-electron chi connectivity index (χ0n) is 10.5. The maximum absolute atomic E-state index is 12.9. The number of hydrogen-bond acceptors (Lipinski definition) is 5. The highest BCUT2D eigenvalue weighted by molar-refractivity contribution is 5.94. The van der Waals surface area contributed by atoms with Crippen molar-refractivity contribution in [3.05, 3.63) is 17.3 Å². The molecule has 0 fully saturated rings. The van der Waals surface area contributed by atoms with Gasteiger partial charge in [-0.1, -0.05) is 0 Å². The Bertz CT molecular complexity index is 474. The number of halogens is 3. The summed E-state index contributed by atoms with van der Waals surface area (Å²) in [5, 5.41) is 0. The maximum atomic E-state index is 12.9. The van der Waals surface area contributed by atoms with Crippen molar-refractivity contribution in [1.82, 2.24) is 4.98 Å². The van der Waals surface area contributed by atoms with Gasteiger partial charge in [0.05, 0.1) is 20.8 Å². The minimum atomic E-state index is -4.83. The Balaban J connectivity index is 3.51. The third kappa shape index (κ3) is 3.27. The molecule has 0 aliphatic heterocycles. The molecule has 0 spiro atoms. The van der Waals surface area contributed by atoms with Gasteiger partial charge in [0.1, 0.15) is 11.3 Å². The summed E-state index contributed by atoms with van der Waals surface area (Å²) in [5.41, 5.74) is -2.17. The van der Waals surface area contributed by atoms with E-state index in [9.17, 15) is 18.0 Å². The van der Waals surface area contributed by atoms with Gasteiger partial charge in [-0.3, -0.25) is 0 Å². The first-order valence-corrected chi connectivity index (χ1v) is 5.22. The number of esters is 1. The summed E-state index contributed by atoms with van der Waals surface area (Å²) in [5.74, 6) is -1.77. The second-order valence-corrected chi connectivity index (χ2v) is 3.31. The number of carbonyl (C=O) groups excluding carboxylic acids is 1. The van der Waals surface area contributed by atoms with Crippen molar-refractivity contribution in [1.29, 1.82) is 0 Å². The number of methoxy groups -OCH3 is 2. The third-order valence-electron chi connectivity index (χ3n) is 2.14. The van der Waals surface area contributed by atoms with Crippen LogP contribution in [0.2, 0.25) is 0 Å². The fourth-order valence-electron chi connectivity index (χ4n) is 1.37. The van der Waals surface area contributed by atoms with E-state index in [-0.39, 0.29) is 18.2 Å². The van der Waals surface area contributed by atoms with Gasteiger partial charge in [0.25, 0.3) is 0 Å². The van der Waals surface area contributed by atoms with E-state index in [1.807, 2.05) is 0 Å². The first-order valence-electron chi connectivity index (χ1n) is 5.22. The minimum Gasteiger partial charge on any atom is -0.496 e. The van der Waals surface area contributed by atoms with E-state index in [0.29, 0.717) is 0 Å². The van der Waals surface area contributed by atoms with E-state index < -0.39 is 23.4 Å². The molecule has 1 heterocycles. The van der Waals surface area contributed by atoms with Crippen molar-refractivity contribution in [3.63, 3.8) is 0 Å². The van der Waals surface area contributed by atoms with Gasteiger partial charge in [-0.25, -0.2) is 9.78 Å². The zero-order chi connectivity index (χ0) is 14.6. The molecule has 0 aromatic carbocycles. The lowest BCUT2D eigenvalue weighted by Crippen LogP contribution is -2.19. The van der Waals surface area contributed by atoms with Gasteiger partial charge in [0.15, 0.2) is 5.69 Å². The molecule has 8 heteroatoms. The van der Waals surface area contributed by atoms with Crippen LogP contribution in [0.5, 0.6) is 11.6 Å². The number of rotatable bonds is 4. The van der Waals surface area contributed by atoms with Crippen LogP contribution in [0.15, 0.2) is 6.07 Å². The minimum absolute atomic E-state index is 0.0642. The molecule has 0 unspecified atom stereocenters. The standard InChI is InChI=1S/C11H12F3NO4/c1-4-19-10(16)8-6(17-2)5-7(18-3)15-9(8)11(12,13)14/h5H,4H2,1-3H3. The molecule has 1 aromatic rings. The molecule has 0 amide bonds. The van der Waals surface area contributed by atoms with Gasteiger partial charge in [-0.2, -0.15) is 13.2 Å². The Morgan fingerprint density at radius 2 is 1.95 bits per heavy atom. The van der Waals surface area contributed by atoms with Gasteiger partial charge in [0.2, 0.25) is 5.88 Å². The molecule has 0 bridgehead atoms. The van der Waals surface area contributed by atoms with Crippen molar-refractivity contribution < 1.29 is 32.2 Å². The highest BCUT2D eigenvalue weighted by Crippen LogP contribution is 2.37. The third-order valence-corrected chi connectivity index (χ3v) is 2.14. The number of aromatic nitrogens is 1. The van der Waals surface area contributed by atoms with Gasteiger partial charge in [-0.05, 0) is 6.92 Å². The normalized spacial score (nSPS) is 11.1. The van der Waals surface area contributed by atoms with Crippen LogP contribution in [-0.2, 0) is 10.9 Å². The van der Waals surface area contributed by atoms with Crippen molar-refractivity contribution in [2.45, 2.75) is 13.1 Å². The van der Waals surface area contributed by atoms with Crippen LogP contribution in [0.25, 0.3) is 0 Å². The Kier molecular flexibility index (Phi) is 4.57. The smallest absolute Gasteiger partial charge is 0.434 e. The number of alkyl halides is 3. The van der Waals surface area contributed by atoms with Crippen LogP contribution < -0.4 is 9.47 Å². The summed E-state index contributed by atoms with van der Waals surface area (Å²) in [4.78, 5) is 14.9. The summed E-state index contributed by atoms with van der Waals surface area (Å²) in [6.45, 7) is 1.42. The first-order chi connectivity index (χ1) is 8.85. The van der Waals surface area contributed by atoms with Crippen molar-refractivity contribution in [3.8, 4) is 11.6 Å². The topological polar surface area (TPSA) is 57.7 Å². The lowest BCUT2D eigenvalue weighted by molar-refractivity contribution is -0.142. The first kappa shape index (κ1) is 15.1. The summed E-state index contributed by atoms with van der Waals surface area (Å²) in [6, 6.07) is 1.08. The van der Waals surface area contributed by atoms with Gasteiger partial charge in [-0.15, -0.1) is 0 Å². The molecule has 0 radical (unpaired) electrons. The largest absolute Gasteiger partial charge is 0.496 e. The number of ether oxygens (including phenoxy) is 3. The lowest BCUT2D eigenvalue weighted by Gasteiger charge is -2.15. The highest BCUT2D eigenvalue weighted by atomic mass is 19.4. The SMILES string of the molecule is CCOC(=O)c1c(OC)cc(OC)nc1C(F)(F)F. The van der Waals surface area contributed by atoms with Crippen molar-refractivity contribution in [2.24, 2.45) is 0 Å². The van der Waals surface area contributed by atoms with E-state index >= 15 is 0 Å². The van der Waals surface area contributed by atoms with Crippen LogP contribution in [0.1, 0.15) is 23.0 Å². The van der Waals surface area contributed by atoms with Crippen molar-refractivity contribution in [2.75, 3.05) is 20.8 Å². The second-order valence-electron chi connectivity index (χ2n) is 3.31. The second kappa shape index (κ2) is 5.77. The van der Waals surface area contributed by atoms with E-state index in [2.05, 4.69) is 14.5 Å². The number of pyridine rings is 1. The fourth-order valence-corrected chi connectivity index (χ4v) is 1.37. The lowest BCUT2D eigenvalue weighted by atomic mass is 10.1. The number of nitrogens with zero attached hydrogens (tertiary/aromatic N) is 1. The Morgan fingerprint density at radius 3 is 2.37 bits per heavy atom. The monoisotopic (exact) mass is 279 g/mol. The summed E-state index contributed by atoms with van der Waals surface area (Å²) in [6.07, 6.45) is -4.83. The predicted octanol–water partition coefficient (Wildman–Crippen LogP) is 2.29. The summed E-state index contributed by atoms with van der Waals surface area (Å²) < 4.78 is 52.7. The molecular formula is C11H12F3NO4. The molecule has 0 atom stereocenters. The van der Waals surface area contributed by atoms with Gasteiger partial charge < -0.3 is 14.2 Å². The molecule has 19 heavy (non-hydrogen) atoms. The van der Waals surface area contributed by atoms with Crippen LogP contribution >= 0.6 is 0 Å². The Hall–Kier alpha value is -1.99. The highest BCUT2D eigenvalue weighted by Gasteiger charge is 2.40. The molecule has 0 saturated heterocycles. The molecule has 1 rings (SSSR count). The molecule has 0 aliphatic carbocycles. The molecule has 1 aromatic heterocycles. The summed E-state index contributed by atoms with van der Waals surface area (Å²) >= 11 is 0. The van der Waals surface area contributed by atoms with Crippen LogP contribution in [0, 0.1) is 0 Å². The molecule has 106 valence electrons. The Labute approximate surface area is 107 Å². The molecular weight excluding hydrogens is 267 g/mol. The van der Waals surface area contributed by atoms with E-state index in [4.69, 9.17) is 4.74 Å². The quantitative estimate of drug-likeness (QED) is 0.791. The molecule has 0 saturated carbocycles.